The summed E-state index contributed by atoms with van der Waals surface area (Å²) in [5.74, 6) is -0.405. The van der Waals surface area contributed by atoms with E-state index in [1.165, 1.54) is 22.0 Å². The molecule has 0 aliphatic heterocycles. The van der Waals surface area contributed by atoms with Crippen LogP contribution >= 0.6 is 27.3 Å². The topological polar surface area (TPSA) is 56.5 Å². The Balaban J connectivity index is 2.46. The molecule has 0 radical (unpaired) electrons. The first-order valence-electron chi connectivity index (χ1n) is 3.89. The highest BCUT2D eigenvalue weighted by molar-refractivity contribution is 9.11. The Morgan fingerprint density at radius 2 is 2.57 bits per heavy atom. The van der Waals surface area contributed by atoms with Crippen molar-refractivity contribution in [2.75, 3.05) is 6.61 Å². The molecule has 14 heavy (non-hydrogen) atoms. The van der Waals surface area contributed by atoms with Gasteiger partial charge in [0.2, 0.25) is 4.96 Å². The Bertz CT molecular complexity index is 478. The molecule has 0 N–H and O–H groups in total. The fourth-order valence-corrected chi connectivity index (χ4v) is 2.21. The van der Waals surface area contributed by atoms with Crippen molar-refractivity contribution in [3.05, 3.63) is 15.8 Å². The average Bonchev–Trinajstić information content (AvgIpc) is 2.62. The molecule has 0 saturated carbocycles. The van der Waals surface area contributed by atoms with E-state index in [0.29, 0.717) is 21.2 Å². The van der Waals surface area contributed by atoms with Crippen molar-refractivity contribution in [2.24, 2.45) is 0 Å². The molecule has 2 aromatic heterocycles. The molecule has 0 fully saturated rings. The first-order chi connectivity index (χ1) is 6.72. The molecule has 2 rings (SSSR count). The van der Waals surface area contributed by atoms with Crippen molar-refractivity contribution in [2.45, 2.75) is 6.92 Å². The lowest BCUT2D eigenvalue weighted by Gasteiger charge is -1.97. The van der Waals surface area contributed by atoms with Gasteiger partial charge in [0, 0.05) is 0 Å². The van der Waals surface area contributed by atoms with Crippen molar-refractivity contribution in [1.82, 2.24) is 14.6 Å². The second-order valence-corrected chi connectivity index (χ2v) is 4.65. The number of esters is 1. The van der Waals surface area contributed by atoms with E-state index in [4.69, 9.17) is 4.74 Å². The van der Waals surface area contributed by atoms with Crippen LogP contribution in [0.4, 0.5) is 0 Å². The summed E-state index contributed by atoms with van der Waals surface area (Å²) >= 11 is 4.58. The maximum absolute atomic E-state index is 11.4. The van der Waals surface area contributed by atoms with E-state index in [-0.39, 0.29) is 0 Å². The zero-order chi connectivity index (χ0) is 10.1. The van der Waals surface area contributed by atoms with Crippen LogP contribution in [0, 0.1) is 0 Å². The number of hydrogen-bond acceptors (Lipinski definition) is 5. The van der Waals surface area contributed by atoms with Crippen molar-refractivity contribution < 1.29 is 9.53 Å². The van der Waals surface area contributed by atoms with Crippen LogP contribution in [-0.4, -0.2) is 27.2 Å². The zero-order valence-corrected chi connectivity index (χ0v) is 9.63. The predicted octanol–water partition coefficient (Wildman–Crippen LogP) is 1.73. The molecule has 2 heterocycles. The van der Waals surface area contributed by atoms with E-state index < -0.39 is 5.97 Å². The quantitative estimate of drug-likeness (QED) is 0.784. The van der Waals surface area contributed by atoms with E-state index in [2.05, 4.69) is 26.0 Å². The first kappa shape index (κ1) is 9.60. The lowest BCUT2D eigenvalue weighted by atomic mass is 10.5. The van der Waals surface area contributed by atoms with Gasteiger partial charge >= 0.3 is 5.97 Å². The molecule has 7 heteroatoms. The fourth-order valence-electron chi connectivity index (χ4n) is 1.01. The predicted molar refractivity (Wildman–Crippen MR) is 54.5 cm³/mol. The van der Waals surface area contributed by atoms with E-state index in [9.17, 15) is 4.79 Å². The van der Waals surface area contributed by atoms with E-state index in [0.717, 1.165) is 0 Å². The number of carbonyl (C=O) groups excluding carboxylic acids is 1. The van der Waals surface area contributed by atoms with Crippen LogP contribution in [0.15, 0.2) is 10.1 Å². The van der Waals surface area contributed by atoms with E-state index in [1.54, 1.807) is 6.92 Å². The largest absolute Gasteiger partial charge is 0.461 e. The number of rotatable bonds is 2. The minimum atomic E-state index is -0.405. The molecule has 0 spiro atoms. The van der Waals surface area contributed by atoms with Gasteiger partial charge < -0.3 is 4.74 Å². The summed E-state index contributed by atoms with van der Waals surface area (Å²) < 4.78 is 7.00. The van der Waals surface area contributed by atoms with Crippen LogP contribution in [0.2, 0.25) is 0 Å². The summed E-state index contributed by atoms with van der Waals surface area (Å²) in [4.78, 5) is 16.1. The van der Waals surface area contributed by atoms with Crippen LogP contribution in [0.5, 0.6) is 0 Å². The van der Waals surface area contributed by atoms with Gasteiger partial charge in [-0.15, -0.1) is 5.10 Å². The second kappa shape index (κ2) is 3.66. The van der Waals surface area contributed by atoms with Gasteiger partial charge in [-0.1, -0.05) is 11.3 Å². The zero-order valence-electron chi connectivity index (χ0n) is 7.23. The van der Waals surface area contributed by atoms with Crippen LogP contribution in [0.1, 0.15) is 17.4 Å². The molecule has 0 bridgehead atoms. The summed E-state index contributed by atoms with van der Waals surface area (Å²) in [6.07, 6.45) is 1.46. The van der Waals surface area contributed by atoms with Crippen molar-refractivity contribution >= 4 is 38.2 Å². The Morgan fingerprint density at radius 1 is 1.79 bits per heavy atom. The summed E-state index contributed by atoms with van der Waals surface area (Å²) in [5, 5.41) is 4.06. The van der Waals surface area contributed by atoms with Crippen LogP contribution in [0.25, 0.3) is 4.96 Å². The number of carbonyl (C=O) groups is 1. The number of fused-ring (bicyclic) bond motifs is 1. The van der Waals surface area contributed by atoms with Gasteiger partial charge in [-0.2, -0.15) is 4.52 Å². The number of nitrogens with zero attached hydrogens (tertiary/aromatic N) is 3. The van der Waals surface area contributed by atoms with Gasteiger partial charge in [-0.3, -0.25) is 0 Å². The number of imidazole rings is 1. The Morgan fingerprint density at radius 3 is 3.29 bits per heavy atom. The number of halogens is 1. The number of aromatic nitrogens is 3. The van der Waals surface area contributed by atoms with Gasteiger partial charge in [-0.25, -0.2) is 9.78 Å². The average molecular weight is 276 g/mol. The molecule has 2 aromatic rings. The Hall–Kier alpha value is -0.950. The Kier molecular flexibility index (Phi) is 2.51. The lowest BCUT2D eigenvalue weighted by Crippen LogP contribution is -2.08. The normalized spacial score (nSPS) is 10.7. The summed E-state index contributed by atoms with van der Waals surface area (Å²) in [6.45, 7) is 2.10. The second-order valence-electron chi connectivity index (χ2n) is 2.41. The van der Waals surface area contributed by atoms with Crippen LogP contribution in [0.3, 0.4) is 0 Å². The third-order valence-electron chi connectivity index (χ3n) is 1.55. The standard InChI is InChI=1S/C7H6BrN3O2S/c1-2-13-5(12)4-3-9-7-11(4)10-6(8)14-7/h3H,2H2,1H3. The molecule has 0 unspecified atom stereocenters. The van der Waals surface area contributed by atoms with Crippen LogP contribution in [-0.2, 0) is 4.74 Å². The highest BCUT2D eigenvalue weighted by atomic mass is 79.9. The molecular formula is C7H6BrN3O2S. The molecule has 0 aliphatic rings. The number of ether oxygens (including phenoxy) is 1. The van der Waals surface area contributed by atoms with Gasteiger partial charge in [0.05, 0.1) is 12.8 Å². The van der Waals surface area contributed by atoms with E-state index in [1.807, 2.05) is 0 Å². The number of hydrogen-bond donors (Lipinski definition) is 0. The van der Waals surface area contributed by atoms with E-state index >= 15 is 0 Å². The molecule has 0 saturated heterocycles. The molecule has 0 aliphatic carbocycles. The fraction of sp³-hybridized carbons (Fsp3) is 0.286. The smallest absolute Gasteiger partial charge is 0.358 e. The summed E-state index contributed by atoms with van der Waals surface area (Å²) in [5.41, 5.74) is 0.351. The molecular weight excluding hydrogens is 270 g/mol. The van der Waals surface area contributed by atoms with Crippen molar-refractivity contribution in [3.63, 3.8) is 0 Å². The van der Waals surface area contributed by atoms with Gasteiger partial charge in [0.25, 0.3) is 0 Å². The summed E-state index contributed by atoms with van der Waals surface area (Å²) in [7, 11) is 0. The Labute approximate surface area is 91.8 Å². The first-order valence-corrected chi connectivity index (χ1v) is 5.50. The van der Waals surface area contributed by atoms with Crippen molar-refractivity contribution in [1.29, 1.82) is 0 Å². The maximum Gasteiger partial charge on any atom is 0.358 e. The molecule has 0 aromatic carbocycles. The van der Waals surface area contributed by atoms with Gasteiger partial charge in [-0.05, 0) is 22.9 Å². The minimum Gasteiger partial charge on any atom is -0.461 e. The third-order valence-corrected chi connectivity index (χ3v) is 2.90. The van der Waals surface area contributed by atoms with Gasteiger partial charge in [0.15, 0.2) is 9.61 Å². The molecule has 74 valence electrons. The lowest BCUT2D eigenvalue weighted by molar-refractivity contribution is 0.0517. The highest BCUT2D eigenvalue weighted by Gasteiger charge is 2.15. The monoisotopic (exact) mass is 275 g/mol. The highest BCUT2D eigenvalue weighted by Crippen LogP contribution is 2.20. The molecule has 0 amide bonds. The molecule has 5 nitrogen and oxygen atoms in total. The summed E-state index contributed by atoms with van der Waals surface area (Å²) in [6, 6.07) is 0. The minimum absolute atomic E-state index is 0.345. The van der Waals surface area contributed by atoms with Crippen molar-refractivity contribution in [3.8, 4) is 0 Å². The third kappa shape index (κ3) is 1.53. The maximum atomic E-state index is 11.4. The molecule has 0 atom stereocenters. The SMILES string of the molecule is CCOC(=O)c1cnc2sc(Br)nn12. The van der Waals surface area contributed by atoms with Gasteiger partial charge in [0.1, 0.15) is 0 Å². The van der Waals surface area contributed by atoms with Crippen LogP contribution < -0.4 is 0 Å².